The van der Waals surface area contributed by atoms with Gasteiger partial charge in [0.25, 0.3) is 5.91 Å². The molecular formula is C17H27N3O2. The van der Waals surface area contributed by atoms with E-state index in [0.29, 0.717) is 18.5 Å². The van der Waals surface area contributed by atoms with Gasteiger partial charge in [0.05, 0.1) is 11.7 Å². The molecule has 1 aliphatic heterocycles. The third-order valence-electron chi connectivity index (χ3n) is 4.33. The number of aliphatic hydroxyl groups excluding tert-OH is 1. The van der Waals surface area contributed by atoms with Crippen molar-refractivity contribution < 1.29 is 9.90 Å². The van der Waals surface area contributed by atoms with Crippen LogP contribution in [-0.4, -0.2) is 53.7 Å². The van der Waals surface area contributed by atoms with Crippen LogP contribution in [-0.2, 0) is 0 Å². The molecule has 0 radical (unpaired) electrons. The fraction of sp³-hybridized carbons (Fsp3) is 0.647. The molecule has 1 saturated heterocycles. The Morgan fingerprint density at radius 1 is 1.45 bits per heavy atom. The summed E-state index contributed by atoms with van der Waals surface area (Å²) in [5.41, 5.74) is 0.599. The summed E-state index contributed by atoms with van der Waals surface area (Å²) in [4.78, 5) is 20.6. The van der Waals surface area contributed by atoms with Crippen LogP contribution in [0.4, 0.5) is 5.82 Å². The first kappa shape index (κ1) is 16.7. The number of nitrogens with zero attached hydrogens (tertiary/aromatic N) is 3. The number of carbonyl (C=O) groups excluding carboxylic acids is 1. The van der Waals surface area contributed by atoms with Crippen LogP contribution < -0.4 is 4.90 Å². The Labute approximate surface area is 132 Å². The average molecular weight is 305 g/mol. The number of hydrogen-bond donors (Lipinski definition) is 1. The lowest BCUT2D eigenvalue weighted by atomic mass is 9.99. The maximum absolute atomic E-state index is 12.3. The van der Waals surface area contributed by atoms with Gasteiger partial charge in [-0.3, -0.25) is 4.79 Å². The van der Waals surface area contributed by atoms with Crippen LogP contribution in [0.5, 0.6) is 0 Å². The summed E-state index contributed by atoms with van der Waals surface area (Å²) in [5.74, 6) is 1.70. The van der Waals surface area contributed by atoms with E-state index in [2.05, 4.69) is 16.8 Å². The van der Waals surface area contributed by atoms with Gasteiger partial charge in [-0.2, -0.15) is 0 Å². The van der Waals surface area contributed by atoms with Crippen LogP contribution in [0.25, 0.3) is 0 Å². The molecular weight excluding hydrogens is 278 g/mol. The Kier molecular flexibility index (Phi) is 5.77. The smallest absolute Gasteiger partial charge is 0.255 e. The molecule has 1 aliphatic rings. The Balaban J connectivity index is 1.94. The number of pyridine rings is 1. The minimum atomic E-state index is -0.391. The summed E-state index contributed by atoms with van der Waals surface area (Å²) < 4.78 is 0. The first-order chi connectivity index (χ1) is 10.5. The van der Waals surface area contributed by atoms with Gasteiger partial charge in [-0.15, -0.1) is 0 Å². The van der Waals surface area contributed by atoms with Crippen LogP contribution in [0.15, 0.2) is 18.3 Å². The highest BCUT2D eigenvalue weighted by molar-refractivity contribution is 5.93. The minimum Gasteiger partial charge on any atom is -0.393 e. The van der Waals surface area contributed by atoms with E-state index >= 15 is 0 Å². The van der Waals surface area contributed by atoms with E-state index in [1.165, 1.54) is 12.8 Å². The molecule has 1 aromatic heterocycles. The maximum atomic E-state index is 12.3. The number of amides is 1. The Morgan fingerprint density at radius 2 is 2.14 bits per heavy atom. The first-order valence-electron chi connectivity index (χ1n) is 8.12. The Bertz CT molecular complexity index is 479. The zero-order chi connectivity index (χ0) is 16.1. The number of piperidine rings is 1. The molecule has 1 aromatic rings. The molecule has 5 heteroatoms. The monoisotopic (exact) mass is 305 g/mol. The second-order valence-corrected chi connectivity index (χ2v) is 6.44. The summed E-state index contributed by atoms with van der Waals surface area (Å²) in [6, 6.07) is 3.79. The Morgan fingerprint density at radius 3 is 2.68 bits per heavy atom. The third-order valence-corrected chi connectivity index (χ3v) is 4.33. The normalized spacial score (nSPS) is 17.4. The largest absolute Gasteiger partial charge is 0.393 e. The zero-order valence-electron chi connectivity index (χ0n) is 13.8. The molecule has 5 nitrogen and oxygen atoms in total. The fourth-order valence-electron chi connectivity index (χ4n) is 2.64. The van der Waals surface area contributed by atoms with Gasteiger partial charge in [-0.25, -0.2) is 4.98 Å². The van der Waals surface area contributed by atoms with Gasteiger partial charge >= 0.3 is 0 Å². The van der Waals surface area contributed by atoms with E-state index in [9.17, 15) is 9.90 Å². The molecule has 2 heterocycles. The second-order valence-electron chi connectivity index (χ2n) is 6.44. The molecule has 0 aromatic carbocycles. The number of aromatic nitrogens is 1. The van der Waals surface area contributed by atoms with Crippen molar-refractivity contribution in [3.8, 4) is 0 Å². The number of hydrogen-bond acceptors (Lipinski definition) is 4. The van der Waals surface area contributed by atoms with E-state index in [0.717, 1.165) is 24.8 Å². The van der Waals surface area contributed by atoms with Crippen molar-refractivity contribution in [3.05, 3.63) is 23.9 Å². The summed E-state index contributed by atoms with van der Waals surface area (Å²) in [7, 11) is 1.75. The molecule has 1 N–H and O–H groups in total. The molecule has 0 saturated carbocycles. The van der Waals surface area contributed by atoms with Crippen molar-refractivity contribution >= 4 is 11.7 Å². The molecule has 0 spiro atoms. The van der Waals surface area contributed by atoms with Gasteiger partial charge in [0.1, 0.15) is 5.82 Å². The number of aliphatic hydroxyl groups is 1. The molecule has 122 valence electrons. The van der Waals surface area contributed by atoms with Crippen molar-refractivity contribution in [2.24, 2.45) is 5.92 Å². The summed E-state index contributed by atoms with van der Waals surface area (Å²) >= 11 is 0. The van der Waals surface area contributed by atoms with Crippen molar-refractivity contribution in [1.29, 1.82) is 0 Å². The van der Waals surface area contributed by atoms with Crippen LogP contribution in [0.2, 0.25) is 0 Å². The lowest BCUT2D eigenvalue weighted by Gasteiger charge is -2.31. The fourth-order valence-corrected chi connectivity index (χ4v) is 2.64. The highest BCUT2D eigenvalue weighted by Crippen LogP contribution is 2.21. The van der Waals surface area contributed by atoms with Crippen LogP contribution >= 0.6 is 0 Å². The highest BCUT2D eigenvalue weighted by atomic mass is 16.3. The van der Waals surface area contributed by atoms with Crippen molar-refractivity contribution in [2.75, 3.05) is 31.6 Å². The number of rotatable bonds is 5. The summed E-state index contributed by atoms with van der Waals surface area (Å²) in [5, 5.41) is 9.30. The van der Waals surface area contributed by atoms with Gasteiger partial charge in [0.2, 0.25) is 0 Å². The quantitative estimate of drug-likeness (QED) is 0.906. The molecule has 1 atom stereocenters. The Hall–Kier alpha value is -1.62. The average Bonchev–Trinajstić information content (AvgIpc) is 2.53. The molecule has 2 rings (SSSR count). The molecule has 1 fully saturated rings. The molecule has 1 amide bonds. The first-order valence-corrected chi connectivity index (χ1v) is 8.12. The van der Waals surface area contributed by atoms with E-state index in [4.69, 9.17) is 0 Å². The summed E-state index contributed by atoms with van der Waals surface area (Å²) in [6.45, 7) is 6.64. The topological polar surface area (TPSA) is 56.7 Å². The van der Waals surface area contributed by atoms with Gasteiger partial charge in [-0.05, 0) is 44.2 Å². The number of anilines is 1. The molecule has 0 bridgehead atoms. The van der Waals surface area contributed by atoms with Gasteiger partial charge in [0.15, 0.2) is 0 Å². The van der Waals surface area contributed by atoms with Crippen LogP contribution in [0.1, 0.15) is 43.5 Å². The van der Waals surface area contributed by atoms with Crippen molar-refractivity contribution in [1.82, 2.24) is 9.88 Å². The standard InChI is InChI=1S/C17H27N3O2/c1-13-6-10-20(11-7-13)16-5-4-15(12-18-16)17(22)19(3)9-8-14(2)21/h4-5,12-14,21H,6-11H2,1-3H3. The van der Waals surface area contributed by atoms with Gasteiger partial charge in [0, 0.05) is 32.9 Å². The van der Waals surface area contributed by atoms with Crippen molar-refractivity contribution in [2.45, 2.75) is 39.2 Å². The lowest BCUT2D eigenvalue weighted by Crippen LogP contribution is -2.33. The van der Waals surface area contributed by atoms with Crippen LogP contribution in [0, 0.1) is 5.92 Å². The molecule has 1 unspecified atom stereocenters. The zero-order valence-corrected chi connectivity index (χ0v) is 13.8. The minimum absolute atomic E-state index is 0.0491. The van der Waals surface area contributed by atoms with Crippen molar-refractivity contribution in [3.63, 3.8) is 0 Å². The number of carbonyl (C=O) groups is 1. The van der Waals surface area contributed by atoms with E-state index in [-0.39, 0.29) is 5.91 Å². The molecule has 22 heavy (non-hydrogen) atoms. The second kappa shape index (κ2) is 7.58. The maximum Gasteiger partial charge on any atom is 0.255 e. The molecule has 0 aliphatic carbocycles. The summed E-state index contributed by atoms with van der Waals surface area (Å²) in [6.07, 6.45) is 4.25. The highest BCUT2D eigenvalue weighted by Gasteiger charge is 2.18. The lowest BCUT2D eigenvalue weighted by molar-refractivity contribution is 0.0768. The van der Waals surface area contributed by atoms with Gasteiger partial charge < -0.3 is 14.9 Å². The van der Waals surface area contributed by atoms with E-state index < -0.39 is 6.10 Å². The third kappa shape index (κ3) is 4.44. The van der Waals surface area contributed by atoms with E-state index in [1.807, 2.05) is 12.1 Å². The van der Waals surface area contributed by atoms with E-state index in [1.54, 1.807) is 25.1 Å². The van der Waals surface area contributed by atoms with Crippen LogP contribution in [0.3, 0.4) is 0 Å². The predicted molar refractivity (Wildman–Crippen MR) is 88.1 cm³/mol. The predicted octanol–water partition coefficient (Wildman–Crippen LogP) is 2.16. The van der Waals surface area contributed by atoms with Gasteiger partial charge in [-0.1, -0.05) is 6.92 Å². The SMILES string of the molecule is CC(O)CCN(C)C(=O)c1ccc(N2CCC(C)CC2)nc1.